The third-order valence-corrected chi connectivity index (χ3v) is 29.2. The van der Waals surface area contributed by atoms with Gasteiger partial charge >= 0.3 is 0 Å². The number of aliphatic hydroxyl groups is 18. The van der Waals surface area contributed by atoms with Crippen molar-refractivity contribution in [2.75, 3.05) is 140 Å². The molecule has 0 aliphatic carbocycles. The Kier molecular flexibility index (Phi) is 52.7. The number of nitrogens with one attached hydrogen (secondary N) is 8. The molecule has 0 saturated carbocycles. The van der Waals surface area contributed by atoms with Gasteiger partial charge in [-0.1, -0.05) is 0 Å². The molecule has 0 spiro atoms. The Morgan fingerprint density at radius 3 is 0.647 bits per heavy atom. The van der Waals surface area contributed by atoms with Gasteiger partial charge in [0.15, 0.2) is 0 Å². The summed E-state index contributed by atoms with van der Waals surface area (Å²) in [6.07, 6.45) is -12.6. The molecule has 0 aromatic heterocycles. The minimum absolute atomic E-state index is 0.0157. The second kappa shape index (κ2) is 55.9. The van der Waals surface area contributed by atoms with Gasteiger partial charge in [-0.3, -0.25) is 52.7 Å². The van der Waals surface area contributed by atoms with E-state index in [9.17, 15) is 145 Å². The Morgan fingerprint density at radius 1 is 0.277 bits per heavy atom. The summed E-state index contributed by atoms with van der Waals surface area (Å²) in [5.41, 5.74) is 0.00101. The van der Waals surface area contributed by atoms with E-state index in [1.807, 2.05) is 113 Å². The van der Waals surface area contributed by atoms with Crippen molar-refractivity contribution in [1.82, 2.24) is 42.5 Å². The van der Waals surface area contributed by atoms with E-state index in [4.69, 9.17) is 0 Å². The summed E-state index contributed by atoms with van der Waals surface area (Å²) in [5, 5.41) is 196. The van der Waals surface area contributed by atoms with E-state index < -0.39 is 180 Å². The van der Waals surface area contributed by atoms with Crippen molar-refractivity contribution in [3.63, 3.8) is 0 Å². The van der Waals surface area contributed by atoms with E-state index in [1.165, 1.54) is 0 Å². The number of hydrogen-bond donors (Lipinski definition) is 26. The van der Waals surface area contributed by atoms with Gasteiger partial charge < -0.3 is 149 Å². The molecule has 40 nitrogen and oxygen atoms in total. The minimum atomic E-state index is -1.62. The van der Waals surface area contributed by atoms with Gasteiger partial charge in [0, 0.05) is 80.7 Å². The van der Waals surface area contributed by atoms with Gasteiger partial charge in [0.1, 0.15) is 0 Å². The molecule has 0 radical (unpaired) electrons. The van der Waals surface area contributed by atoms with Crippen molar-refractivity contribution in [3.8, 4) is 0 Å². The van der Waals surface area contributed by atoms with E-state index >= 15 is 0 Å². The van der Waals surface area contributed by atoms with E-state index in [2.05, 4.69) is 42.5 Å². The maximum atomic E-state index is 13.6. The summed E-state index contributed by atoms with van der Waals surface area (Å²) in [6, 6.07) is 0. The van der Waals surface area contributed by atoms with Gasteiger partial charge in [-0.15, -0.1) is 0 Å². The van der Waals surface area contributed by atoms with Crippen LogP contribution in [0.4, 0.5) is 17.1 Å². The van der Waals surface area contributed by atoms with Crippen LogP contribution in [0.3, 0.4) is 0 Å². The average Bonchev–Trinajstić information content (AvgIpc) is 0.769. The summed E-state index contributed by atoms with van der Waals surface area (Å²) in [5.74, 6) is -6.77. The van der Waals surface area contributed by atoms with Crippen molar-refractivity contribution < 1.29 is 145 Å². The molecular formula is C67H83I12N11O29. The molecule has 4 aromatic carbocycles. The molecule has 0 fully saturated rings. The molecule has 119 heavy (non-hydrogen) atoms. The molecule has 11 amide bonds. The maximum absolute atomic E-state index is 13.6. The van der Waals surface area contributed by atoms with Crippen LogP contribution in [0, 0.1) is 42.8 Å². The first kappa shape index (κ1) is 112. The van der Waals surface area contributed by atoms with E-state index in [1.54, 1.807) is 158 Å². The normalized spacial score (nSPS) is 13.7. The zero-order chi connectivity index (χ0) is 90.5. The molecule has 52 heteroatoms. The minimum Gasteiger partial charge on any atom is -0.394 e. The van der Waals surface area contributed by atoms with Crippen molar-refractivity contribution in [2.24, 2.45) is 0 Å². The van der Waals surface area contributed by atoms with E-state index in [0.717, 1.165) is 21.6 Å². The largest absolute Gasteiger partial charge is 0.394 e. The molecule has 0 saturated heterocycles. The van der Waals surface area contributed by atoms with Gasteiger partial charge in [0.25, 0.3) is 47.3 Å². The van der Waals surface area contributed by atoms with Crippen LogP contribution in [0.25, 0.3) is 0 Å². The standard InChI is InChI=1S/C34H42I6N6O15.C33H41I6N5O14/c1-13(52)46(30-27(39)21(33(60)43-4-16(55)10-49)24(36)22(28(30)40)34(61)44-5-17(56)11-50)7-18(57)6-45(12-51)29-25(37)19(31(58)41-2-14(53)8-47)23(35)20(26(29)38)32(59)42-3-15(54)9-48;34-23-18(24(35)20(31(56)41-4-15(52)9-46)25(36)19(23)30(55)40-3-14(51)8-45)2-1-13(50)7-44(12-49)29-27(38)21(32(57)42-5-16(53)10-47)26(37)22(28(29)39)33(58)43-6-17(54)11-48/h12,14-18,47-50,53-57H,2-11H2,1H3,(H,41,58)(H,42,59)(H,43,60)(H,44,61);12-17,45-48,50-54H,1-11H2,(H,40,55)(H,41,56)(H,42,57)(H,43,58). The Morgan fingerprint density at radius 2 is 0.462 bits per heavy atom. The van der Waals surface area contributed by atoms with Crippen molar-refractivity contribution in [2.45, 2.75) is 80.8 Å². The van der Waals surface area contributed by atoms with Crippen LogP contribution < -0.4 is 57.2 Å². The maximum Gasteiger partial charge on any atom is 0.253 e. The number of aliphatic hydroxyl groups excluding tert-OH is 18. The molecule has 10 atom stereocenters. The zero-order valence-electron chi connectivity index (χ0n) is 61.7. The van der Waals surface area contributed by atoms with Crippen molar-refractivity contribution in [3.05, 3.63) is 92.9 Å². The lowest BCUT2D eigenvalue weighted by atomic mass is 9.99. The number of anilines is 3. The second-order valence-corrected chi connectivity index (χ2v) is 38.1. The van der Waals surface area contributed by atoms with E-state index in [-0.39, 0.29) is 169 Å². The number of rotatable bonds is 46. The van der Waals surface area contributed by atoms with Gasteiger partial charge in [-0.05, 0) is 289 Å². The van der Waals surface area contributed by atoms with Crippen molar-refractivity contribution in [1.29, 1.82) is 0 Å². The molecule has 4 aromatic rings. The SMILES string of the molecule is CC(=O)N(CC(O)CN(C=O)c1c(I)c(C(=O)NCC(O)CO)c(I)c(C(=O)NCC(O)CO)c1I)c1c(I)c(C(=O)NCC(O)CO)c(I)c(C(=O)NCC(O)CO)c1I.O=CN(CC(O)CCc1c(I)c(C(=O)NCC(O)CO)c(I)c(C(=O)NCC(O)CO)c1I)c1c(I)c(C(=O)NCC(O)CO)c(I)c(C(=O)NCC(O)CO)c1I. The predicted molar refractivity (Wildman–Crippen MR) is 527 cm³/mol. The van der Waals surface area contributed by atoms with Crippen LogP contribution in [0.15, 0.2) is 0 Å². The highest BCUT2D eigenvalue weighted by Gasteiger charge is 2.38. The van der Waals surface area contributed by atoms with Crippen molar-refractivity contribution >= 4 is 354 Å². The summed E-state index contributed by atoms with van der Waals surface area (Å²) in [4.78, 5) is 150. The number of carbonyl (C=O) groups is 11. The lowest BCUT2D eigenvalue weighted by Crippen LogP contribution is -2.44. The molecule has 664 valence electrons. The number of hydrogen-bond acceptors (Lipinski definition) is 29. The Balaban J connectivity index is 0.000000616. The van der Waals surface area contributed by atoms with Gasteiger partial charge in [-0.25, -0.2) is 0 Å². The molecule has 0 heterocycles. The highest BCUT2D eigenvalue weighted by atomic mass is 127. The fourth-order valence-corrected chi connectivity index (χ4v) is 29.0. The number of nitrogens with zero attached hydrogens (tertiary/aromatic N) is 3. The molecule has 26 N–H and O–H groups in total. The summed E-state index contributed by atoms with van der Waals surface area (Å²) < 4.78 is 2.22. The third kappa shape index (κ3) is 32.0. The first-order valence-corrected chi connectivity index (χ1v) is 47.3. The Hall–Kier alpha value is -0.910. The number of benzene rings is 4. The Labute approximate surface area is 842 Å². The van der Waals surface area contributed by atoms with Crippen LogP contribution in [0.5, 0.6) is 0 Å². The highest BCUT2D eigenvalue weighted by molar-refractivity contribution is 14.1. The number of amides is 11. The summed E-state index contributed by atoms with van der Waals surface area (Å²) in [7, 11) is 0. The van der Waals surface area contributed by atoms with Crippen LogP contribution in [0.1, 0.15) is 102 Å². The molecule has 0 bridgehead atoms. The topological polar surface area (TPSA) is 658 Å². The molecule has 4 rings (SSSR count). The Bertz CT molecular complexity index is 4080. The van der Waals surface area contributed by atoms with Crippen LogP contribution in [-0.4, -0.2) is 344 Å². The highest BCUT2D eigenvalue weighted by Crippen LogP contribution is 2.42. The van der Waals surface area contributed by atoms with Gasteiger partial charge in [0.2, 0.25) is 18.7 Å². The average molecular weight is 3030 g/mol. The quantitative estimate of drug-likeness (QED) is 0.0152. The fourth-order valence-electron chi connectivity index (χ4n) is 10.0. The number of halogens is 12. The van der Waals surface area contributed by atoms with Gasteiger partial charge in [-0.2, -0.15) is 0 Å². The molecule has 0 aliphatic rings. The lowest BCUT2D eigenvalue weighted by Gasteiger charge is -2.31. The first-order valence-electron chi connectivity index (χ1n) is 34.4. The van der Waals surface area contributed by atoms with Crippen LogP contribution in [0.2, 0.25) is 0 Å². The molecular weight excluding hydrogens is 2950 g/mol. The van der Waals surface area contributed by atoms with Crippen LogP contribution >= 0.6 is 271 Å². The fraction of sp³-hybridized carbons (Fsp3) is 0.478. The third-order valence-electron chi connectivity index (χ3n) is 16.2. The van der Waals surface area contributed by atoms with Gasteiger partial charge in [0.05, 0.1) is 217 Å². The monoisotopic (exact) mass is 3030 g/mol. The predicted octanol–water partition coefficient (Wildman–Crippen LogP) is -3.37. The zero-order valence-corrected chi connectivity index (χ0v) is 87.6. The number of carbonyl (C=O) groups excluding carboxylic acids is 11. The second-order valence-electron chi connectivity index (χ2n) is 25.2. The molecule has 10 unspecified atom stereocenters. The van der Waals surface area contributed by atoms with E-state index in [0.29, 0.717) is 25.5 Å². The summed E-state index contributed by atoms with van der Waals surface area (Å²) >= 11 is 21.7. The lowest BCUT2D eigenvalue weighted by molar-refractivity contribution is -0.117. The first-order chi connectivity index (χ1) is 55.9. The smallest absolute Gasteiger partial charge is 0.253 e. The molecule has 0 aliphatic heterocycles. The van der Waals surface area contributed by atoms with Crippen LogP contribution in [-0.2, 0) is 20.8 Å². The summed E-state index contributed by atoms with van der Waals surface area (Å²) in [6.45, 7) is -8.43.